The number of anilines is 1. The summed E-state index contributed by atoms with van der Waals surface area (Å²) in [6.45, 7) is 0.301. The van der Waals surface area contributed by atoms with Crippen molar-refractivity contribution in [1.29, 1.82) is 0 Å². The minimum Gasteiger partial charge on any atom is -0.457 e. The second kappa shape index (κ2) is 11.3. The smallest absolute Gasteiger partial charge is 0.257 e. The molecule has 1 fully saturated rings. The minimum atomic E-state index is -0.614. The van der Waals surface area contributed by atoms with Crippen LogP contribution in [0.25, 0.3) is 0 Å². The van der Waals surface area contributed by atoms with Crippen LogP contribution in [0.3, 0.4) is 0 Å². The number of nitrogens with one attached hydrogen (secondary N) is 1. The molecule has 4 aromatic rings. The molecule has 8 nitrogen and oxygen atoms in total. The van der Waals surface area contributed by atoms with Crippen LogP contribution in [0.5, 0.6) is 11.5 Å². The normalized spacial score (nSPS) is 16.8. The molecule has 3 aromatic carbocycles. The molecule has 10 heteroatoms. The predicted molar refractivity (Wildman–Crippen MR) is 135 cm³/mol. The van der Waals surface area contributed by atoms with Crippen molar-refractivity contribution in [2.75, 3.05) is 11.4 Å². The first-order valence-corrected chi connectivity index (χ1v) is 12.2. The maximum absolute atomic E-state index is 14.1. The third-order valence-electron chi connectivity index (χ3n) is 6.34. The Morgan fingerprint density at radius 2 is 1.61 bits per heavy atom. The zero-order chi connectivity index (χ0) is 26.5. The van der Waals surface area contributed by atoms with E-state index >= 15 is 0 Å². The Balaban J connectivity index is 1.33. The van der Waals surface area contributed by atoms with Crippen LogP contribution in [-0.4, -0.2) is 39.4 Å². The second-order valence-electron chi connectivity index (χ2n) is 9.03. The summed E-state index contributed by atoms with van der Waals surface area (Å²) < 4.78 is 33.0. The largest absolute Gasteiger partial charge is 0.457 e. The highest BCUT2D eigenvalue weighted by atomic mass is 19.1. The number of ether oxygens (including phenoxy) is 1. The number of aromatic nitrogens is 3. The van der Waals surface area contributed by atoms with E-state index in [0.29, 0.717) is 42.1 Å². The van der Waals surface area contributed by atoms with Crippen LogP contribution in [0, 0.1) is 17.6 Å². The average molecular weight is 518 g/mol. The molecule has 1 N–H and O–H groups in total. The monoisotopic (exact) mass is 517 g/mol. The standard InChI is InChI=1S/C28H25F2N5O3/c29-21-5-9-23(10-6-21)38-24-11-7-22(8-12-24)35(27(36)18-34-32-13-14-33-34)28(37)26-16-19(17-31-26)15-20-3-1-2-4-25(20)30/h1-14,19,26,31H,15-18H2/t19-,26+/m1/s1. The van der Waals surface area contributed by atoms with Gasteiger partial charge in [-0.15, -0.1) is 0 Å². The van der Waals surface area contributed by atoms with Crippen molar-refractivity contribution in [2.24, 2.45) is 5.92 Å². The van der Waals surface area contributed by atoms with Gasteiger partial charge in [0.15, 0.2) is 0 Å². The van der Waals surface area contributed by atoms with E-state index in [1.165, 1.54) is 47.5 Å². The molecule has 2 amide bonds. The van der Waals surface area contributed by atoms with E-state index in [9.17, 15) is 18.4 Å². The molecule has 0 spiro atoms. The van der Waals surface area contributed by atoms with Crippen LogP contribution in [0.15, 0.2) is 85.2 Å². The molecular formula is C28H25F2N5O3. The fraction of sp³-hybridized carbons (Fsp3) is 0.214. The van der Waals surface area contributed by atoms with Gasteiger partial charge in [0.2, 0.25) is 0 Å². The number of carbonyl (C=O) groups excluding carboxylic acids is 2. The number of hydrogen-bond acceptors (Lipinski definition) is 6. The average Bonchev–Trinajstić information content (AvgIpc) is 3.60. The Bertz CT molecular complexity index is 1400. The molecule has 0 bridgehead atoms. The molecule has 0 unspecified atom stereocenters. The highest BCUT2D eigenvalue weighted by Crippen LogP contribution is 2.27. The fourth-order valence-corrected chi connectivity index (χ4v) is 4.50. The molecule has 1 saturated heterocycles. The minimum absolute atomic E-state index is 0.0390. The summed E-state index contributed by atoms with van der Waals surface area (Å²) in [4.78, 5) is 29.3. The molecule has 0 aliphatic carbocycles. The summed E-state index contributed by atoms with van der Waals surface area (Å²) in [5.74, 6) is -0.612. The highest BCUT2D eigenvalue weighted by molar-refractivity contribution is 6.16. The second-order valence-corrected chi connectivity index (χ2v) is 9.03. The van der Waals surface area contributed by atoms with Gasteiger partial charge >= 0.3 is 0 Å². The molecule has 2 atom stereocenters. The lowest BCUT2D eigenvalue weighted by atomic mass is 9.96. The van der Waals surface area contributed by atoms with E-state index < -0.39 is 17.9 Å². The molecule has 1 aliphatic rings. The van der Waals surface area contributed by atoms with Crippen LogP contribution in [-0.2, 0) is 22.6 Å². The summed E-state index contributed by atoms with van der Waals surface area (Å²) in [5, 5.41) is 11.1. The molecule has 1 aromatic heterocycles. The van der Waals surface area contributed by atoms with Gasteiger partial charge < -0.3 is 10.1 Å². The number of rotatable bonds is 8. The van der Waals surface area contributed by atoms with Gasteiger partial charge in [0.1, 0.15) is 29.7 Å². The number of imide groups is 1. The first-order chi connectivity index (χ1) is 18.5. The quantitative estimate of drug-likeness (QED) is 0.378. The van der Waals surface area contributed by atoms with Crippen molar-refractivity contribution in [3.05, 3.63) is 102 Å². The van der Waals surface area contributed by atoms with E-state index in [0.717, 1.165) is 4.90 Å². The topological polar surface area (TPSA) is 89.4 Å². The van der Waals surface area contributed by atoms with Crippen molar-refractivity contribution in [2.45, 2.75) is 25.4 Å². The molecule has 38 heavy (non-hydrogen) atoms. The maximum Gasteiger partial charge on any atom is 0.257 e. The third-order valence-corrected chi connectivity index (χ3v) is 6.34. The maximum atomic E-state index is 14.1. The lowest BCUT2D eigenvalue weighted by molar-refractivity contribution is -0.128. The summed E-state index contributed by atoms with van der Waals surface area (Å²) in [6, 6.07) is 18.0. The van der Waals surface area contributed by atoms with Crippen LogP contribution in [0.1, 0.15) is 12.0 Å². The molecule has 1 aliphatic heterocycles. The van der Waals surface area contributed by atoms with Crippen LogP contribution in [0.4, 0.5) is 14.5 Å². The molecule has 194 valence electrons. The van der Waals surface area contributed by atoms with Crippen molar-refractivity contribution in [3.63, 3.8) is 0 Å². The van der Waals surface area contributed by atoms with Gasteiger partial charge in [-0.3, -0.25) is 9.59 Å². The van der Waals surface area contributed by atoms with Crippen molar-refractivity contribution in [1.82, 2.24) is 20.3 Å². The lowest BCUT2D eigenvalue weighted by Crippen LogP contribution is -2.48. The first kappa shape index (κ1) is 25.2. The van der Waals surface area contributed by atoms with Crippen molar-refractivity contribution in [3.8, 4) is 11.5 Å². The molecule has 0 radical (unpaired) electrons. The first-order valence-electron chi connectivity index (χ1n) is 12.2. The van der Waals surface area contributed by atoms with Gasteiger partial charge in [-0.1, -0.05) is 18.2 Å². The van der Waals surface area contributed by atoms with Crippen molar-refractivity contribution >= 4 is 17.5 Å². The summed E-state index contributed by atoms with van der Waals surface area (Å²) in [6.07, 6.45) is 3.85. The van der Waals surface area contributed by atoms with Crippen LogP contribution in [0.2, 0.25) is 0 Å². The van der Waals surface area contributed by atoms with Gasteiger partial charge in [-0.25, -0.2) is 13.7 Å². The SMILES string of the molecule is O=C(Cn1nccn1)N(C(=O)[C@@H]1C[C@@H](Cc2ccccc2F)CN1)c1ccc(Oc2ccc(F)cc2)cc1. The van der Waals surface area contributed by atoms with Gasteiger partial charge in [0.05, 0.1) is 24.1 Å². The van der Waals surface area contributed by atoms with Crippen molar-refractivity contribution < 1.29 is 23.1 Å². The fourth-order valence-electron chi connectivity index (χ4n) is 4.50. The van der Waals surface area contributed by atoms with Crippen LogP contribution < -0.4 is 15.0 Å². The number of halogens is 2. The molecule has 5 rings (SSSR count). The van der Waals surface area contributed by atoms with Gasteiger partial charge in [0, 0.05) is 0 Å². The Labute approximate surface area is 217 Å². The summed E-state index contributed by atoms with van der Waals surface area (Å²) in [5.41, 5.74) is 0.958. The van der Waals surface area contributed by atoms with Gasteiger partial charge in [-0.05, 0) is 85.5 Å². The Kier molecular flexibility index (Phi) is 7.50. The number of hydrogen-bond donors (Lipinski definition) is 1. The molecular weight excluding hydrogens is 492 g/mol. The Morgan fingerprint density at radius 3 is 2.29 bits per heavy atom. The van der Waals surface area contributed by atoms with E-state index in [4.69, 9.17) is 4.74 Å². The third kappa shape index (κ3) is 5.92. The van der Waals surface area contributed by atoms with E-state index in [2.05, 4.69) is 15.5 Å². The van der Waals surface area contributed by atoms with Gasteiger partial charge in [-0.2, -0.15) is 15.0 Å². The van der Waals surface area contributed by atoms with E-state index in [1.54, 1.807) is 42.5 Å². The number of carbonyl (C=O) groups is 2. The van der Waals surface area contributed by atoms with Gasteiger partial charge in [0.25, 0.3) is 11.8 Å². The zero-order valence-electron chi connectivity index (χ0n) is 20.3. The Hall–Kier alpha value is -4.44. The zero-order valence-corrected chi connectivity index (χ0v) is 20.3. The van der Waals surface area contributed by atoms with E-state index in [-0.39, 0.29) is 24.1 Å². The molecule has 2 heterocycles. The Morgan fingerprint density at radius 1 is 0.947 bits per heavy atom. The van der Waals surface area contributed by atoms with Crippen LogP contribution >= 0.6 is 0 Å². The number of amides is 2. The number of benzene rings is 3. The summed E-state index contributed by atoms with van der Waals surface area (Å²) >= 11 is 0. The number of nitrogens with zero attached hydrogens (tertiary/aromatic N) is 4. The molecule has 0 saturated carbocycles. The summed E-state index contributed by atoms with van der Waals surface area (Å²) in [7, 11) is 0. The predicted octanol–water partition coefficient (Wildman–Crippen LogP) is 4.13. The lowest BCUT2D eigenvalue weighted by Gasteiger charge is -2.24. The van der Waals surface area contributed by atoms with E-state index in [1.807, 2.05) is 0 Å². The highest BCUT2D eigenvalue weighted by Gasteiger charge is 2.36.